The van der Waals surface area contributed by atoms with Gasteiger partial charge >= 0.3 is 0 Å². The molecule has 1 saturated heterocycles. The number of rotatable bonds is 3. The molecule has 0 aliphatic carbocycles. The van der Waals surface area contributed by atoms with Crippen molar-refractivity contribution in [1.29, 1.82) is 0 Å². The molecule has 1 aliphatic rings. The summed E-state index contributed by atoms with van der Waals surface area (Å²) in [6, 6.07) is 3.48. The Morgan fingerprint density at radius 2 is 2.35 bits per heavy atom. The molecule has 5 nitrogen and oxygen atoms in total. The Morgan fingerprint density at radius 1 is 1.47 bits per heavy atom. The van der Waals surface area contributed by atoms with E-state index in [1.54, 1.807) is 19.4 Å². The SMILES string of the molecule is COc1ccc(NC2CCCCNC2=O)cn1. The van der Waals surface area contributed by atoms with Crippen molar-refractivity contribution >= 4 is 11.6 Å². The number of carbonyl (C=O) groups excluding carboxylic acids is 1. The zero-order valence-electron chi connectivity index (χ0n) is 9.90. The molecule has 2 heterocycles. The lowest BCUT2D eigenvalue weighted by atomic mass is 10.1. The first-order valence-corrected chi connectivity index (χ1v) is 5.84. The van der Waals surface area contributed by atoms with Gasteiger partial charge in [0.2, 0.25) is 11.8 Å². The molecule has 1 amide bonds. The third kappa shape index (κ3) is 3.09. The van der Waals surface area contributed by atoms with E-state index in [2.05, 4.69) is 15.6 Å². The van der Waals surface area contributed by atoms with Crippen molar-refractivity contribution in [3.05, 3.63) is 18.3 Å². The molecule has 1 fully saturated rings. The first-order valence-electron chi connectivity index (χ1n) is 5.84. The Labute approximate surface area is 101 Å². The van der Waals surface area contributed by atoms with Crippen LogP contribution in [0, 0.1) is 0 Å². The van der Waals surface area contributed by atoms with Gasteiger partial charge in [-0.2, -0.15) is 0 Å². The van der Waals surface area contributed by atoms with Gasteiger partial charge in [-0.3, -0.25) is 4.79 Å². The van der Waals surface area contributed by atoms with Crippen LogP contribution < -0.4 is 15.4 Å². The molecule has 0 saturated carbocycles. The highest BCUT2D eigenvalue weighted by atomic mass is 16.5. The summed E-state index contributed by atoms with van der Waals surface area (Å²) in [6.07, 6.45) is 4.64. The van der Waals surface area contributed by atoms with Gasteiger partial charge in [-0.05, 0) is 25.3 Å². The van der Waals surface area contributed by atoms with Crippen LogP contribution in [-0.4, -0.2) is 30.6 Å². The Kier molecular flexibility index (Phi) is 3.80. The lowest BCUT2D eigenvalue weighted by Gasteiger charge is -2.16. The van der Waals surface area contributed by atoms with Crippen LogP contribution in [0.5, 0.6) is 5.88 Å². The molecule has 5 heteroatoms. The number of carbonyl (C=O) groups is 1. The lowest BCUT2D eigenvalue weighted by molar-refractivity contribution is -0.121. The van der Waals surface area contributed by atoms with E-state index in [9.17, 15) is 4.79 Å². The van der Waals surface area contributed by atoms with E-state index in [4.69, 9.17) is 4.74 Å². The highest BCUT2D eigenvalue weighted by Gasteiger charge is 2.20. The number of aromatic nitrogens is 1. The normalized spacial score (nSPS) is 20.3. The minimum absolute atomic E-state index is 0.0679. The van der Waals surface area contributed by atoms with Crippen molar-refractivity contribution in [1.82, 2.24) is 10.3 Å². The van der Waals surface area contributed by atoms with E-state index < -0.39 is 0 Å². The molecule has 1 aromatic heterocycles. The van der Waals surface area contributed by atoms with Gasteiger partial charge in [0.25, 0.3) is 0 Å². The monoisotopic (exact) mass is 235 g/mol. The predicted molar refractivity (Wildman–Crippen MR) is 65.1 cm³/mol. The summed E-state index contributed by atoms with van der Waals surface area (Å²) in [5.74, 6) is 0.638. The second-order valence-electron chi connectivity index (χ2n) is 4.07. The third-order valence-corrected chi connectivity index (χ3v) is 2.82. The fourth-order valence-electron chi connectivity index (χ4n) is 1.86. The zero-order valence-corrected chi connectivity index (χ0v) is 9.90. The second kappa shape index (κ2) is 5.52. The van der Waals surface area contributed by atoms with Gasteiger partial charge < -0.3 is 15.4 Å². The fourth-order valence-corrected chi connectivity index (χ4v) is 1.86. The maximum atomic E-state index is 11.7. The van der Waals surface area contributed by atoms with Crippen molar-refractivity contribution in [2.24, 2.45) is 0 Å². The van der Waals surface area contributed by atoms with E-state index in [1.165, 1.54) is 0 Å². The standard InChI is InChI=1S/C12H17N3O2/c1-17-11-6-5-9(8-14-11)15-10-4-2-3-7-13-12(10)16/h5-6,8,10,15H,2-4,7H2,1H3,(H,13,16). The van der Waals surface area contributed by atoms with Crippen molar-refractivity contribution < 1.29 is 9.53 Å². The number of ether oxygens (including phenoxy) is 1. The van der Waals surface area contributed by atoms with Crippen LogP contribution in [0.3, 0.4) is 0 Å². The van der Waals surface area contributed by atoms with Crippen molar-refractivity contribution in [3.8, 4) is 5.88 Å². The Bertz CT molecular complexity index is 378. The van der Waals surface area contributed by atoms with E-state index in [-0.39, 0.29) is 11.9 Å². The largest absolute Gasteiger partial charge is 0.481 e. The molecule has 1 unspecified atom stereocenters. The van der Waals surface area contributed by atoms with Crippen molar-refractivity contribution in [2.45, 2.75) is 25.3 Å². The summed E-state index contributed by atoms with van der Waals surface area (Å²) in [5, 5.41) is 6.08. The van der Waals surface area contributed by atoms with Crippen molar-refractivity contribution in [2.75, 3.05) is 19.0 Å². The Hall–Kier alpha value is -1.78. The molecule has 0 radical (unpaired) electrons. The molecule has 1 aliphatic heterocycles. The number of nitrogens with zero attached hydrogens (tertiary/aromatic N) is 1. The van der Waals surface area contributed by atoms with E-state index in [0.29, 0.717) is 5.88 Å². The third-order valence-electron chi connectivity index (χ3n) is 2.82. The molecule has 17 heavy (non-hydrogen) atoms. The summed E-state index contributed by atoms with van der Waals surface area (Å²) >= 11 is 0. The van der Waals surface area contributed by atoms with E-state index in [1.807, 2.05) is 6.07 Å². The maximum absolute atomic E-state index is 11.7. The van der Waals surface area contributed by atoms with Crippen LogP contribution in [0.2, 0.25) is 0 Å². The Morgan fingerprint density at radius 3 is 3.06 bits per heavy atom. The molecule has 1 aromatic rings. The van der Waals surface area contributed by atoms with Crippen LogP contribution in [0.1, 0.15) is 19.3 Å². The average molecular weight is 235 g/mol. The molecule has 0 aromatic carbocycles. The quantitative estimate of drug-likeness (QED) is 0.825. The zero-order chi connectivity index (χ0) is 12.1. The number of amides is 1. The van der Waals surface area contributed by atoms with Gasteiger partial charge in [0.15, 0.2) is 0 Å². The summed E-state index contributed by atoms with van der Waals surface area (Å²) in [5.41, 5.74) is 0.841. The van der Waals surface area contributed by atoms with E-state index >= 15 is 0 Å². The first-order chi connectivity index (χ1) is 8.29. The molecule has 92 valence electrons. The second-order valence-corrected chi connectivity index (χ2v) is 4.07. The minimum Gasteiger partial charge on any atom is -0.481 e. The highest BCUT2D eigenvalue weighted by molar-refractivity contribution is 5.84. The van der Waals surface area contributed by atoms with Gasteiger partial charge in [0, 0.05) is 12.6 Å². The molecular formula is C12H17N3O2. The topological polar surface area (TPSA) is 63.2 Å². The summed E-state index contributed by atoms with van der Waals surface area (Å²) in [7, 11) is 1.58. The van der Waals surface area contributed by atoms with Gasteiger partial charge in [0.1, 0.15) is 6.04 Å². The van der Waals surface area contributed by atoms with Crippen LogP contribution in [-0.2, 0) is 4.79 Å². The van der Waals surface area contributed by atoms with Crippen LogP contribution in [0.15, 0.2) is 18.3 Å². The molecule has 0 bridgehead atoms. The summed E-state index contributed by atoms with van der Waals surface area (Å²) in [6.45, 7) is 0.776. The first kappa shape index (κ1) is 11.7. The number of nitrogens with one attached hydrogen (secondary N) is 2. The molecule has 2 rings (SSSR count). The van der Waals surface area contributed by atoms with Crippen LogP contribution in [0.4, 0.5) is 5.69 Å². The van der Waals surface area contributed by atoms with Crippen molar-refractivity contribution in [3.63, 3.8) is 0 Å². The number of hydrogen-bond donors (Lipinski definition) is 2. The number of methoxy groups -OCH3 is 1. The average Bonchev–Trinajstić information content (AvgIpc) is 2.56. The van der Waals surface area contributed by atoms with Gasteiger partial charge in [-0.25, -0.2) is 4.98 Å². The van der Waals surface area contributed by atoms with Gasteiger partial charge in [0.05, 0.1) is 19.0 Å². The molecule has 1 atom stereocenters. The number of hydrogen-bond acceptors (Lipinski definition) is 4. The molecule has 0 spiro atoms. The van der Waals surface area contributed by atoms with Crippen LogP contribution in [0.25, 0.3) is 0 Å². The van der Waals surface area contributed by atoms with E-state index in [0.717, 1.165) is 31.5 Å². The lowest BCUT2D eigenvalue weighted by Crippen LogP contribution is -2.37. The fraction of sp³-hybridized carbons (Fsp3) is 0.500. The Balaban J connectivity index is 2.00. The van der Waals surface area contributed by atoms with Gasteiger partial charge in [-0.1, -0.05) is 0 Å². The smallest absolute Gasteiger partial charge is 0.242 e. The molecule has 2 N–H and O–H groups in total. The van der Waals surface area contributed by atoms with Gasteiger partial charge in [-0.15, -0.1) is 0 Å². The van der Waals surface area contributed by atoms with Crippen LogP contribution >= 0.6 is 0 Å². The maximum Gasteiger partial charge on any atom is 0.242 e. The number of anilines is 1. The summed E-state index contributed by atoms with van der Waals surface area (Å²) in [4.78, 5) is 15.8. The highest BCUT2D eigenvalue weighted by Crippen LogP contribution is 2.15. The molecular weight excluding hydrogens is 218 g/mol. The predicted octanol–water partition coefficient (Wildman–Crippen LogP) is 1.17. The summed E-state index contributed by atoms with van der Waals surface area (Å²) < 4.78 is 4.98. The number of pyridine rings is 1. The minimum atomic E-state index is -0.160.